The molecule has 0 aliphatic rings. The largest absolute Gasteiger partial charge is 0.466 e. The summed E-state index contributed by atoms with van der Waals surface area (Å²) in [5, 5.41) is 0. The van der Waals surface area contributed by atoms with Crippen molar-refractivity contribution < 1.29 is 19.1 Å². The normalized spacial score (nSPS) is 10.7. The first-order valence-electron chi connectivity index (χ1n) is 7.97. The number of unbranched alkanes of at least 4 members (excludes halogenated alkanes) is 2. The first-order valence-corrected chi connectivity index (χ1v) is 7.97. The number of esters is 2. The maximum absolute atomic E-state index is 11.0. The van der Waals surface area contributed by atoms with Crippen LogP contribution in [0.25, 0.3) is 0 Å². The van der Waals surface area contributed by atoms with Crippen LogP contribution in [0, 0.1) is 11.3 Å². The van der Waals surface area contributed by atoms with Crippen LogP contribution in [0.2, 0.25) is 0 Å². The fourth-order valence-electron chi connectivity index (χ4n) is 1.28. The topological polar surface area (TPSA) is 52.6 Å². The van der Waals surface area contributed by atoms with Crippen molar-refractivity contribution in [2.75, 3.05) is 13.2 Å². The van der Waals surface area contributed by atoms with Crippen LogP contribution in [-0.4, -0.2) is 25.2 Å². The van der Waals surface area contributed by atoms with Gasteiger partial charge in [-0.2, -0.15) is 0 Å². The molecule has 0 rings (SSSR count). The Morgan fingerprint density at radius 2 is 1.57 bits per heavy atom. The monoisotopic (exact) mass is 302 g/mol. The minimum atomic E-state index is -0.351. The minimum Gasteiger partial charge on any atom is -0.466 e. The predicted octanol–water partition coefficient (Wildman–Crippen LogP) is 4.36. The van der Waals surface area contributed by atoms with E-state index < -0.39 is 0 Å². The Hall–Kier alpha value is -1.06. The molecule has 0 amide bonds. The summed E-state index contributed by atoms with van der Waals surface area (Å²) in [5.41, 5.74) is -0.351. The van der Waals surface area contributed by atoms with Gasteiger partial charge < -0.3 is 9.47 Å². The molecule has 0 fully saturated rings. The van der Waals surface area contributed by atoms with Gasteiger partial charge in [-0.15, -0.1) is 0 Å². The smallest absolute Gasteiger partial charge is 0.311 e. The van der Waals surface area contributed by atoms with Gasteiger partial charge in [-0.1, -0.05) is 33.6 Å². The van der Waals surface area contributed by atoms with Crippen molar-refractivity contribution in [2.45, 2.75) is 74.1 Å². The van der Waals surface area contributed by atoms with Gasteiger partial charge in [-0.25, -0.2) is 0 Å². The summed E-state index contributed by atoms with van der Waals surface area (Å²) in [4.78, 5) is 21.8. The molecule has 21 heavy (non-hydrogen) atoms. The Morgan fingerprint density at radius 1 is 1.00 bits per heavy atom. The highest BCUT2D eigenvalue weighted by Crippen LogP contribution is 2.14. The molecular weight excluding hydrogens is 268 g/mol. The molecule has 0 aromatic rings. The third-order valence-electron chi connectivity index (χ3n) is 2.47. The molecule has 4 heteroatoms. The second kappa shape index (κ2) is 12.7. The highest BCUT2D eigenvalue weighted by molar-refractivity contribution is 5.75. The van der Waals surface area contributed by atoms with E-state index in [1.165, 1.54) is 6.42 Å². The van der Waals surface area contributed by atoms with Crippen molar-refractivity contribution in [3.8, 4) is 0 Å². The molecule has 0 saturated heterocycles. The zero-order valence-electron chi connectivity index (χ0n) is 15.0. The second-order valence-corrected chi connectivity index (χ2v) is 6.50. The van der Waals surface area contributed by atoms with E-state index >= 15 is 0 Å². The Morgan fingerprint density at radius 3 is 1.90 bits per heavy atom. The number of hydrogen-bond donors (Lipinski definition) is 0. The third-order valence-corrected chi connectivity index (χ3v) is 2.47. The SMILES string of the molecule is CCCCCOC(=O)CC(C)C.CCOC(=O)C(C)(C)C. The molecule has 0 unspecified atom stereocenters. The summed E-state index contributed by atoms with van der Waals surface area (Å²) in [6.07, 6.45) is 3.86. The molecule has 0 radical (unpaired) electrons. The van der Waals surface area contributed by atoms with E-state index in [0.717, 1.165) is 12.8 Å². The molecule has 0 spiro atoms. The molecule has 0 atom stereocenters. The van der Waals surface area contributed by atoms with E-state index in [0.29, 0.717) is 25.6 Å². The lowest BCUT2D eigenvalue weighted by molar-refractivity contribution is -0.152. The van der Waals surface area contributed by atoms with Crippen molar-refractivity contribution in [3.63, 3.8) is 0 Å². The summed E-state index contributed by atoms with van der Waals surface area (Å²) in [6, 6.07) is 0. The predicted molar refractivity (Wildman–Crippen MR) is 86.0 cm³/mol. The number of rotatable bonds is 7. The van der Waals surface area contributed by atoms with Gasteiger partial charge in [0.15, 0.2) is 0 Å². The molecule has 0 aromatic heterocycles. The van der Waals surface area contributed by atoms with Gasteiger partial charge in [-0.05, 0) is 40.0 Å². The summed E-state index contributed by atoms with van der Waals surface area (Å²) >= 11 is 0. The Balaban J connectivity index is 0. The van der Waals surface area contributed by atoms with Crippen LogP contribution in [-0.2, 0) is 19.1 Å². The third kappa shape index (κ3) is 16.9. The molecule has 0 aromatic carbocycles. The lowest BCUT2D eigenvalue weighted by Gasteiger charge is -2.14. The summed E-state index contributed by atoms with van der Waals surface area (Å²) in [6.45, 7) is 14.6. The van der Waals surface area contributed by atoms with E-state index in [2.05, 4.69) is 6.92 Å². The maximum atomic E-state index is 11.0. The van der Waals surface area contributed by atoms with Gasteiger partial charge in [0, 0.05) is 6.42 Å². The highest BCUT2D eigenvalue weighted by atomic mass is 16.5. The average molecular weight is 302 g/mol. The Kier molecular flexibility index (Phi) is 13.4. The molecule has 0 aliphatic carbocycles. The molecule has 0 N–H and O–H groups in total. The molecule has 0 saturated carbocycles. The highest BCUT2D eigenvalue weighted by Gasteiger charge is 2.21. The van der Waals surface area contributed by atoms with E-state index in [-0.39, 0.29) is 17.4 Å². The maximum Gasteiger partial charge on any atom is 0.311 e. The molecule has 0 aliphatic heterocycles. The number of ether oxygens (including phenoxy) is 2. The first-order chi connectivity index (χ1) is 9.65. The zero-order chi connectivity index (χ0) is 16.9. The van der Waals surface area contributed by atoms with Crippen molar-refractivity contribution in [3.05, 3.63) is 0 Å². The molecular formula is C17H34O4. The molecule has 126 valence electrons. The first kappa shape index (κ1) is 22.2. The molecule has 0 heterocycles. The fourth-order valence-corrected chi connectivity index (χ4v) is 1.28. The van der Waals surface area contributed by atoms with E-state index in [4.69, 9.17) is 9.47 Å². The number of carbonyl (C=O) groups is 2. The molecule has 0 bridgehead atoms. The fraction of sp³-hybridized carbons (Fsp3) is 0.882. The van der Waals surface area contributed by atoms with Crippen LogP contribution in [0.5, 0.6) is 0 Å². The standard InChI is InChI=1S/C10H20O2.C7H14O2/c1-4-5-6-7-12-10(11)8-9(2)3;1-5-9-6(8)7(2,3)4/h9H,4-8H2,1-3H3;5H2,1-4H3. The van der Waals surface area contributed by atoms with E-state index in [1.807, 2.05) is 41.5 Å². The zero-order valence-corrected chi connectivity index (χ0v) is 15.0. The van der Waals surface area contributed by atoms with Gasteiger partial charge in [0.2, 0.25) is 0 Å². The van der Waals surface area contributed by atoms with Gasteiger partial charge in [-0.3, -0.25) is 9.59 Å². The molecule has 4 nitrogen and oxygen atoms in total. The van der Waals surface area contributed by atoms with Crippen molar-refractivity contribution >= 4 is 11.9 Å². The Bertz CT molecular complexity index is 277. The quantitative estimate of drug-likeness (QED) is 0.518. The van der Waals surface area contributed by atoms with Crippen molar-refractivity contribution in [1.29, 1.82) is 0 Å². The van der Waals surface area contributed by atoms with Crippen LogP contribution < -0.4 is 0 Å². The van der Waals surface area contributed by atoms with Gasteiger partial charge in [0.25, 0.3) is 0 Å². The van der Waals surface area contributed by atoms with Crippen molar-refractivity contribution in [1.82, 2.24) is 0 Å². The number of carbonyl (C=O) groups excluding carboxylic acids is 2. The van der Waals surface area contributed by atoms with E-state index in [9.17, 15) is 9.59 Å². The summed E-state index contributed by atoms with van der Waals surface area (Å²) in [7, 11) is 0. The second-order valence-electron chi connectivity index (χ2n) is 6.50. The van der Waals surface area contributed by atoms with Gasteiger partial charge in [0.1, 0.15) is 0 Å². The lowest BCUT2D eigenvalue weighted by atomic mass is 9.97. The van der Waals surface area contributed by atoms with Gasteiger partial charge in [0.05, 0.1) is 18.6 Å². The van der Waals surface area contributed by atoms with Crippen molar-refractivity contribution in [2.24, 2.45) is 11.3 Å². The van der Waals surface area contributed by atoms with Crippen LogP contribution >= 0.6 is 0 Å². The van der Waals surface area contributed by atoms with Crippen LogP contribution in [0.1, 0.15) is 74.1 Å². The van der Waals surface area contributed by atoms with Gasteiger partial charge >= 0.3 is 11.9 Å². The van der Waals surface area contributed by atoms with E-state index in [1.54, 1.807) is 0 Å². The van der Waals surface area contributed by atoms with Crippen LogP contribution in [0.15, 0.2) is 0 Å². The lowest BCUT2D eigenvalue weighted by Crippen LogP contribution is -2.22. The summed E-state index contributed by atoms with van der Waals surface area (Å²) < 4.78 is 9.78. The summed E-state index contributed by atoms with van der Waals surface area (Å²) in [5.74, 6) is 0.217. The van der Waals surface area contributed by atoms with Crippen LogP contribution in [0.4, 0.5) is 0 Å². The van der Waals surface area contributed by atoms with Crippen LogP contribution in [0.3, 0.4) is 0 Å². The average Bonchev–Trinajstić information content (AvgIpc) is 2.34. The number of hydrogen-bond acceptors (Lipinski definition) is 4. The Labute approximate surface area is 130 Å². The minimum absolute atomic E-state index is 0.0545.